The largest absolute Gasteiger partial charge is 0.342 e. The van der Waals surface area contributed by atoms with Crippen LogP contribution in [0.4, 0.5) is 0 Å². The zero-order valence-corrected chi connectivity index (χ0v) is 44.3. The molecule has 72 heavy (non-hydrogen) atoms. The average Bonchev–Trinajstić information content (AvgIpc) is 4.23. The number of aromatic nitrogens is 6. The lowest BCUT2D eigenvalue weighted by molar-refractivity contribution is 0.683. The maximum absolute atomic E-state index is 5.11. The lowest BCUT2D eigenvalue weighted by Gasteiger charge is -2.30. The molecule has 6 nitrogen and oxygen atoms in total. The van der Waals surface area contributed by atoms with Gasteiger partial charge in [0.1, 0.15) is 0 Å². The van der Waals surface area contributed by atoms with E-state index in [-0.39, 0.29) is 0 Å². The van der Waals surface area contributed by atoms with Gasteiger partial charge >= 0.3 is 0 Å². The lowest BCUT2D eigenvalue weighted by Crippen LogP contribution is -2.22. The van der Waals surface area contributed by atoms with Gasteiger partial charge in [-0.15, -0.1) is 75.8 Å². The molecule has 0 spiro atoms. The van der Waals surface area contributed by atoms with Crippen molar-refractivity contribution in [3.05, 3.63) is 216 Å². The van der Waals surface area contributed by atoms with Gasteiger partial charge in [-0.05, 0) is 69.8 Å². The van der Waals surface area contributed by atoms with Gasteiger partial charge in [-0.3, -0.25) is 0 Å². The van der Waals surface area contributed by atoms with E-state index in [0.717, 1.165) is 94.8 Å². The minimum atomic E-state index is 0.591. The molecule has 7 aromatic carbocycles. The van der Waals surface area contributed by atoms with Gasteiger partial charge in [0.2, 0.25) is 0 Å². The molecule has 0 aliphatic rings. The van der Waals surface area contributed by atoms with Crippen LogP contribution in [-0.2, 0) is 39.3 Å². The van der Waals surface area contributed by atoms with Crippen molar-refractivity contribution in [3.63, 3.8) is 0 Å². The van der Waals surface area contributed by atoms with Crippen molar-refractivity contribution in [2.75, 3.05) is 0 Å². The second-order valence-electron chi connectivity index (χ2n) is 18.8. The molecule has 0 amide bonds. The molecular formula is C60H48N6S6. The van der Waals surface area contributed by atoms with Crippen molar-refractivity contribution < 1.29 is 0 Å². The Kier molecular flexibility index (Phi) is 11.7. The average molecular weight is 1050 g/mol. The summed E-state index contributed by atoms with van der Waals surface area (Å²) >= 11 is 30.7. The van der Waals surface area contributed by atoms with Crippen LogP contribution in [-0.4, -0.2) is 27.4 Å². The van der Waals surface area contributed by atoms with Crippen LogP contribution >= 0.6 is 75.8 Å². The monoisotopic (exact) mass is 1040 g/mol. The number of fused-ring (bicyclic) bond motifs is 6. The Morgan fingerprint density at radius 1 is 0.208 bits per heavy atom. The first-order valence-electron chi connectivity index (χ1n) is 23.9. The predicted octanol–water partition coefficient (Wildman–Crippen LogP) is 15.4. The van der Waals surface area contributed by atoms with Gasteiger partial charge in [-0.25, -0.2) is 0 Å². The SMILES string of the molecule is Sc1cn(Cc2c(Cn3cc(S)c4ccccc43)c(Cn3cc(S)c4ccccc43)c(Cn3cc(S)c4ccccc43)c(Cn3cc(S)c4ccccc43)c2Cn2cc(S)c3ccccc32)c2ccccc12. The predicted molar refractivity (Wildman–Crippen MR) is 316 cm³/mol. The normalized spacial score (nSPS) is 12.1. The smallest absolute Gasteiger partial charge is 0.0495 e. The molecule has 354 valence electrons. The van der Waals surface area contributed by atoms with Crippen molar-refractivity contribution in [2.45, 2.75) is 68.6 Å². The number of nitrogens with zero attached hydrogens (tertiary/aromatic N) is 6. The standard InChI is InChI=1S/C60H48N6S6/c67-55-31-61(49-19-7-1-13-37(49)55)25-43-44(26-62-32-56(68)38-14-2-8-20-50(38)62)46(28-64-34-58(70)40-16-4-10-22-52(40)64)48(30-66-36-60(72)42-18-6-12-24-54(42)66)47(29-65-35-59(71)41-17-5-11-23-53(41)65)45(43)27-63-33-57(69)39-15-3-9-21-51(39)63/h1-24,31-36,67-72H,25-30H2. The molecule has 13 rings (SSSR count). The van der Waals surface area contributed by atoms with E-state index in [4.69, 9.17) is 75.8 Å². The molecule has 6 aromatic heterocycles. The molecule has 0 saturated carbocycles. The summed E-state index contributed by atoms with van der Waals surface area (Å²) in [6.07, 6.45) is 13.3. The summed E-state index contributed by atoms with van der Waals surface area (Å²) < 4.78 is 14.4. The van der Waals surface area contributed by atoms with Crippen LogP contribution in [0.25, 0.3) is 65.4 Å². The third-order valence-electron chi connectivity index (χ3n) is 14.8. The Morgan fingerprint density at radius 2 is 0.347 bits per heavy atom. The molecule has 0 fully saturated rings. The van der Waals surface area contributed by atoms with Gasteiger partial charge in [0.05, 0.1) is 0 Å². The second kappa shape index (κ2) is 18.4. The van der Waals surface area contributed by atoms with Crippen LogP contribution in [0.15, 0.2) is 212 Å². The highest BCUT2D eigenvalue weighted by Crippen LogP contribution is 2.40. The first-order valence-corrected chi connectivity index (χ1v) is 26.6. The zero-order valence-electron chi connectivity index (χ0n) is 38.9. The van der Waals surface area contributed by atoms with Gasteiger partial charge in [0, 0.05) is 171 Å². The Morgan fingerprint density at radius 3 is 0.500 bits per heavy atom. The first-order chi connectivity index (χ1) is 35.2. The third-order valence-corrected chi connectivity index (χ3v) is 16.9. The number of hydrogen-bond acceptors (Lipinski definition) is 6. The molecule has 0 saturated heterocycles. The summed E-state index contributed by atoms with van der Waals surface area (Å²) in [6, 6.07) is 51.7. The molecule has 0 N–H and O–H groups in total. The molecule has 0 radical (unpaired) electrons. The number of hydrogen-bond donors (Lipinski definition) is 6. The van der Waals surface area contributed by atoms with Crippen LogP contribution < -0.4 is 0 Å². The number of rotatable bonds is 12. The summed E-state index contributed by atoms with van der Waals surface area (Å²) in [4.78, 5) is 5.67. The number of para-hydroxylation sites is 6. The van der Waals surface area contributed by atoms with Crippen LogP contribution in [0.5, 0.6) is 0 Å². The van der Waals surface area contributed by atoms with E-state index in [2.05, 4.69) is 210 Å². The third kappa shape index (κ3) is 7.81. The maximum atomic E-state index is 5.11. The lowest BCUT2D eigenvalue weighted by atomic mass is 9.85. The fourth-order valence-corrected chi connectivity index (χ4v) is 13.4. The minimum absolute atomic E-state index is 0.591. The van der Waals surface area contributed by atoms with Crippen molar-refractivity contribution in [1.82, 2.24) is 27.4 Å². The van der Waals surface area contributed by atoms with Crippen molar-refractivity contribution in [3.8, 4) is 0 Å². The van der Waals surface area contributed by atoms with E-state index in [1.54, 1.807) is 0 Å². The molecule has 6 heterocycles. The van der Waals surface area contributed by atoms with Gasteiger partial charge in [0.15, 0.2) is 0 Å². The van der Waals surface area contributed by atoms with Crippen molar-refractivity contribution >= 4 is 141 Å². The molecule has 0 unspecified atom stereocenters. The highest BCUT2D eigenvalue weighted by atomic mass is 32.1. The Balaban J connectivity index is 1.20. The number of benzene rings is 7. The van der Waals surface area contributed by atoms with Gasteiger partial charge in [0.25, 0.3) is 0 Å². The van der Waals surface area contributed by atoms with Crippen LogP contribution in [0, 0.1) is 0 Å². The molecule has 13 aromatic rings. The van der Waals surface area contributed by atoms with Crippen LogP contribution in [0.3, 0.4) is 0 Å². The first kappa shape index (κ1) is 45.7. The zero-order chi connectivity index (χ0) is 48.8. The number of thiol groups is 6. The Labute approximate surface area is 449 Å². The Bertz CT molecular complexity index is 3550. The van der Waals surface area contributed by atoms with Gasteiger partial charge in [-0.1, -0.05) is 109 Å². The van der Waals surface area contributed by atoms with Crippen molar-refractivity contribution in [1.29, 1.82) is 0 Å². The van der Waals surface area contributed by atoms with Gasteiger partial charge in [-0.2, -0.15) is 0 Å². The molecule has 0 aliphatic heterocycles. The van der Waals surface area contributed by atoms with E-state index >= 15 is 0 Å². The van der Waals surface area contributed by atoms with E-state index in [9.17, 15) is 0 Å². The summed E-state index contributed by atoms with van der Waals surface area (Å²) in [7, 11) is 0. The van der Waals surface area contributed by atoms with E-state index in [1.165, 1.54) is 33.4 Å². The van der Waals surface area contributed by atoms with E-state index in [0.29, 0.717) is 39.3 Å². The summed E-state index contributed by atoms with van der Waals surface area (Å²) in [6.45, 7) is 3.55. The molecule has 0 bridgehead atoms. The highest BCUT2D eigenvalue weighted by Gasteiger charge is 2.28. The maximum Gasteiger partial charge on any atom is 0.0495 e. The quantitative estimate of drug-likeness (QED) is 0.0659. The minimum Gasteiger partial charge on any atom is -0.342 e. The molecule has 0 atom stereocenters. The summed E-state index contributed by atoms with van der Waals surface area (Å²) in [5.74, 6) is 0. The van der Waals surface area contributed by atoms with Crippen LogP contribution in [0.2, 0.25) is 0 Å². The second-order valence-corrected chi connectivity index (χ2v) is 21.7. The van der Waals surface area contributed by atoms with Crippen molar-refractivity contribution in [2.24, 2.45) is 0 Å². The molecular weight excluding hydrogens is 997 g/mol. The van der Waals surface area contributed by atoms with Gasteiger partial charge < -0.3 is 27.4 Å². The molecule has 12 heteroatoms. The highest BCUT2D eigenvalue weighted by molar-refractivity contribution is 7.81. The Hall–Kier alpha value is -6.12. The van der Waals surface area contributed by atoms with E-state index < -0.39 is 0 Å². The topological polar surface area (TPSA) is 29.6 Å². The van der Waals surface area contributed by atoms with E-state index in [1.807, 2.05) is 0 Å². The fraction of sp³-hybridized carbons (Fsp3) is 0.100. The van der Waals surface area contributed by atoms with Crippen LogP contribution in [0.1, 0.15) is 33.4 Å². The summed E-state index contributed by atoms with van der Waals surface area (Å²) in [5, 5.41) is 6.73. The molecule has 0 aliphatic carbocycles. The summed E-state index contributed by atoms with van der Waals surface area (Å²) in [5.41, 5.74) is 14.3. The fourth-order valence-electron chi connectivity index (χ4n) is 11.4.